The van der Waals surface area contributed by atoms with Crippen molar-refractivity contribution in [2.45, 2.75) is 12.1 Å². The molecule has 3 aromatic rings. The third kappa shape index (κ3) is 2.52. The molecule has 32 heavy (non-hydrogen) atoms. The highest BCUT2D eigenvalue weighted by atomic mass is 16.2. The molecule has 3 aliphatic rings. The predicted molar refractivity (Wildman–Crippen MR) is 119 cm³/mol. The number of fused-ring (bicyclic) bond motifs is 5. The third-order valence-electron chi connectivity index (χ3n) is 6.63. The maximum atomic E-state index is 13.7. The third-order valence-corrected chi connectivity index (χ3v) is 6.63. The number of nitrogens with zero attached hydrogens (tertiary/aromatic N) is 3. The van der Waals surface area contributed by atoms with Crippen molar-refractivity contribution >= 4 is 29.5 Å². The van der Waals surface area contributed by atoms with E-state index in [4.69, 9.17) is 0 Å². The molecule has 0 N–H and O–H groups in total. The van der Waals surface area contributed by atoms with Crippen molar-refractivity contribution in [3.63, 3.8) is 0 Å². The van der Waals surface area contributed by atoms with E-state index >= 15 is 0 Å². The first-order chi connectivity index (χ1) is 15.7. The van der Waals surface area contributed by atoms with E-state index in [9.17, 15) is 14.4 Å². The van der Waals surface area contributed by atoms with Gasteiger partial charge in [0.1, 0.15) is 6.04 Å². The number of hydrogen-bond acceptors (Lipinski definition) is 5. The van der Waals surface area contributed by atoms with Crippen molar-refractivity contribution in [3.05, 3.63) is 102 Å². The smallest absolute Gasteiger partial charge is 0.240 e. The molecule has 6 rings (SSSR count). The number of hydrazone groups is 1. The topological polar surface area (TPSA) is 70.0 Å². The van der Waals surface area contributed by atoms with Crippen LogP contribution in [0.4, 0.5) is 5.69 Å². The van der Waals surface area contributed by atoms with Crippen molar-refractivity contribution in [1.82, 2.24) is 5.01 Å². The average Bonchev–Trinajstić information content (AvgIpc) is 3.32. The fraction of sp³-hybridized carbons (Fsp3) is 0.154. The van der Waals surface area contributed by atoms with Gasteiger partial charge in [-0.1, -0.05) is 72.8 Å². The number of hydrogen-bond donors (Lipinski definition) is 0. The summed E-state index contributed by atoms with van der Waals surface area (Å²) >= 11 is 0. The zero-order valence-corrected chi connectivity index (χ0v) is 17.0. The summed E-state index contributed by atoms with van der Waals surface area (Å²) in [5.41, 5.74) is 2.85. The Kier molecular flexibility index (Phi) is 4.08. The number of anilines is 1. The van der Waals surface area contributed by atoms with Gasteiger partial charge in [-0.05, 0) is 23.3 Å². The van der Waals surface area contributed by atoms with Gasteiger partial charge in [0.25, 0.3) is 0 Å². The summed E-state index contributed by atoms with van der Waals surface area (Å²) in [6.45, 7) is 0. The molecule has 0 aromatic heterocycles. The molecular formula is C26H19N3O3. The van der Waals surface area contributed by atoms with E-state index in [-0.39, 0.29) is 17.6 Å². The summed E-state index contributed by atoms with van der Waals surface area (Å²) in [4.78, 5) is 42.3. The Morgan fingerprint density at radius 2 is 1.38 bits per heavy atom. The van der Waals surface area contributed by atoms with Crippen LogP contribution in [-0.4, -0.2) is 34.9 Å². The van der Waals surface area contributed by atoms with Crippen LogP contribution in [0.15, 0.2) is 90.0 Å². The van der Waals surface area contributed by atoms with Crippen LogP contribution in [0.5, 0.6) is 0 Å². The molecule has 0 bridgehead atoms. The summed E-state index contributed by atoms with van der Waals surface area (Å²) in [7, 11) is 0. The summed E-state index contributed by atoms with van der Waals surface area (Å²) in [6, 6.07) is 24.2. The van der Waals surface area contributed by atoms with Gasteiger partial charge in [-0.15, -0.1) is 0 Å². The molecule has 4 atom stereocenters. The number of Topliss-reactive ketones (excluding diaryl/α,β-unsaturated/α-hetero) is 1. The van der Waals surface area contributed by atoms with Crippen molar-refractivity contribution in [1.29, 1.82) is 0 Å². The molecule has 0 saturated carbocycles. The Bertz CT molecular complexity index is 1270. The lowest BCUT2D eigenvalue weighted by Crippen LogP contribution is -2.44. The van der Waals surface area contributed by atoms with Crippen LogP contribution in [0.2, 0.25) is 0 Å². The number of benzene rings is 3. The molecule has 0 aliphatic carbocycles. The van der Waals surface area contributed by atoms with Crippen LogP contribution in [0.1, 0.15) is 27.5 Å². The van der Waals surface area contributed by atoms with Gasteiger partial charge in [-0.3, -0.25) is 19.4 Å². The second kappa shape index (κ2) is 6.99. The van der Waals surface area contributed by atoms with Gasteiger partial charge < -0.3 is 0 Å². The van der Waals surface area contributed by atoms with E-state index in [1.165, 1.54) is 4.90 Å². The lowest BCUT2D eigenvalue weighted by atomic mass is 9.83. The number of ketones is 1. The molecule has 0 unspecified atom stereocenters. The fourth-order valence-corrected chi connectivity index (χ4v) is 5.27. The molecule has 2 saturated heterocycles. The van der Waals surface area contributed by atoms with Gasteiger partial charge in [-0.25, -0.2) is 4.90 Å². The summed E-state index contributed by atoms with van der Waals surface area (Å²) < 4.78 is 0. The van der Waals surface area contributed by atoms with E-state index in [1.807, 2.05) is 36.4 Å². The standard InChI is InChI=1S/C26H19N3O3/c30-24(16-9-3-1-4-10-16)23-21-20(22-19-14-8-7-11-17(19)15-27-29(22)23)25(31)28(26(21)32)18-12-5-2-6-13-18/h1-15,20-23H/t20-,21-,22+,23-/m0/s1. The quantitative estimate of drug-likeness (QED) is 0.480. The number of carbonyl (C=O) groups is 3. The van der Waals surface area contributed by atoms with E-state index in [0.717, 1.165) is 11.1 Å². The predicted octanol–water partition coefficient (Wildman–Crippen LogP) is 3.45. The molecule has 3 heterocycles. The average molecular weight is 421 g/mol. The zero-order valence-electron chi connectivity index (χ0n) is 17.0. The van der Waals surface area contributed by atoms with E-state index < -0.39 is 23.9 Å². The SMILES string of the molecule is O=C(c1ccccc1)[C@@H]1[C@H]2C(=O)N(c3ccccc3)C(=O)[C@@H]2[C@H]2c3ccccc3C=NN12. The Balaban J connectivity index is 1.51. The lowest BCUT2D eigenvalue weighted by molar-refractivity contribution is -0.124. The molecule has 3 aliphatic heterocycles. The largest absolute Gasteiger partial charge is 0.292 e. The first-order valence-electron chi connectivity index (χ1n) is 10.6. The van der Waals surface area contributed by atoms with Crippen LogP contribution >= 0.6 is 0 Å². The lowest BCUT2D eigenvalue weighted by Gasteiger charge is -2.33. The minimum Gasteiger partial charge on any atom is -0.292 e. The van der Waals surface area contributed by atoms with Gasteiger partial charge in [-0.2, -0.15) is 5.10 Å². The Labute approximate surface area is 184 Å². The maximum absolute atomic E-state index is 13.7. The number of imide groups is 1. The number of amides is 2. The van der Waals surface area contributed by atoms with Crippen LogP contribution in [-0.2, 0) is 9.59 Å². The van der Waals surface area contributed by atoms with Crippen LogP contribution < -0.4 is 4.90 Å². The van der Waals surface area contributed by atoms with Crippen LogP contribution in [0, 0.1) is 11.8 Å². The van der Waals surface area contributed by atoms with E-state index in [2.05, 4.69) is 5.10 Å². The Hall–Kier alpha value is -4.06. The summed E-state index contributed by atoms with van der Waals surface area (Å²) in [5.74, 6) is -2.31. The minimum absolute atomic E-state index is 0.198. The van der Waals surface area contributed by atoms with E-state index in [1.54, 1.807) is 59.8 Å². The molecule has 156 valence electrons. The molecule has 2 amide bonds. The minimum atomic E-state index is -0.845. The maximum Gasteiger partial charge on any atom is 0.240 e. The molecule has 6 nitrogen and oxygen atoms in total. The Morgan fingerprint density at radius 3 is 2.12 bits per heavy atom. The van der Waals surface area contributed by atoms with Gasteiger partial charge in [0.2, 0.25) is 11.8 Å². The highest BCUT2D eigenvalue weighted by Crippen LogP contribution is 2.53. The summed E-state index contributed by atoms with van der Waals surface area (Å²) in [6.07, 6.45) is 1.71. The normalized spacial score (nSPS) is 25.5. The van der Waals surface area contributed by atoms with Crippen LogP contribution in [0.3, 0.4) is 0 Å². The fourth-order valence-electron chi connectivity index (χ4n) is 5.27. The molecule has 6 heteroatoms. The van der Waals surface area contributed by atoms with Crippen LogP contribution in [0.25, 0.3) is 0 Å². The highest BCUT2D eigenvalue weighted by molar-refractivity contribution is 6.24. The monoisotopic (exact) mass is 421 g/mol. The molecule has 2 fully saturated rings. The molecule has 3 aromatic carbocycles. The van der Waals surface area contributed by atoms with Gasteiger partial charge in [0, 0.05) is 5.56 Å². The molecule has 0 spiro atoms. The Morgan fingerprint density at radius 1 is 0.750 bits per heavy atom. The van der Waals surface area contributed by atoms with E-state index in [0.29, 0.717) is 11.3 Å². The van der Waals surface area contributed by atoms with Crippen molar-refractivity contribution in [3.8, 4) is 0 Å². The second-order valence-corrected chi connectivity index (χ2v) is 8.27. The van der Waals surface area contributed by atoms with Crippen molar-refractivity contribution in [2.24, 2.45) is 16.9 Å². The van der Waals surface area contributed by atoms with Gasteiger partial charge in [0.05, 0.1) is 29.8 Å². The first-order valence-corrected chi connectivity index (χ1v) is 10.6. The number of carbonyl (C=O) groups excluding carboxylic acids is 3. The summed E-state index contributed by atoms with van der Waals surface area (Å²) in [5, 5.41) is 6.26. The zero-order chi connectivity index (χ0) is 21.8. The highest BCUT2D eigenvalue weighted by Gasteiger charge is 2.65. The van der Waals surface area contributed by atoms with Gasteiger partial charge in [0.15, 0.2) is 5.78 Å². The van der Waals surface area contributed by atoms with Gasteiger partial charge >= 0.3 is 0 Å². The molecular weight excluding hydrogens is 402 g/mol. The van der Waals surface area contributed by atoms with Crippen molar-refractivity contribution < 1.29 is 14.4 Å². The molecule has 0 radical (unpaired) electrons. The number of para-hydroxylation sites is 1. The number of rotatable bonds is 3. The van der Waals surface area contributed by atoms with Crippen molar-refractivity contribution in [2.75, 3.05) is 4.90 Å². The second-order valence-electron chi connectivity index (χ2n) is 8.27. The first kappa shape index (κ1) is 18.7.